The van der Waals surface area contributed by atoms with Gasteiger partial charge in [-0.3, -0.25) is 4.79 Å². The number of allylic oxidation sites excluding steroid dienone is 13. The summed E-state index contributed by atoms with van der Waals surface area (Å²) in [6.45, 7) is 3.66. The van der Waals surface area contributed by atoms with Crippen LogP contribution in [0.3, 0.4) is 0 Å². The normalized spacial score (nSPS) is 19.4. The Labute approximate surface area is 467 Å². The Balaban J connectivity index is 2.21. The lowest BCUT2D eigenvalue weighted by atomic mass is 9.99. The maximum Gasteiger partial charge on any atom is 0.220 e. The van der Waals surface area contributed by atoms with E-state index >= 15 is 0 Å². The number of carbonyl (C=O) groups excluding carboxylic acids is 1. The fourth-order valence-electron chi connectivity index (χ4n) is 9.73. The number of ether oxygens (including phenoxy) is 2. The summed E-state index contributed by atoms with van der Waals surface area (Å²) in [5, 5.41) is 54.6. The van der Waals surface area contributed by atoms with Gasteiger partial charge in [-0.1, -0.05) is 279 Å². The second kappa shape index (κ2) is 55.7. The van der Waals surface area contributed by atoms with Crippen LogP contribution in [-0.4, -0.2) is 87.5 Å². The van der Waals surface area contributed by atoms with Crippen LogP contribution in [0.25, 0.3) is 0 Å². The average Bonchev–Trinajstić information content (AvgIpc) is 3.42. The third-order valence-electron chi connectivity index (χ3n) is 14.7. The number of rotatable bonds is 54. The van der Waals surface area contributed by atoms with Crippen LogP contribution in [0.4, 0.5) is 0 Å². The van der Waals surface area contributed by atoms with Crippen molar-refractivity contribution in [2.75, 3.05) is 13.2 Å². The highest BCUT2D eigenvalue weighted by atomic mass is 16.7. The third-order valence-corrected chi connectivity index (χ3v) is 14.7. The molecule has 1 saturated heterocycles. The van der Waals surface area contributed by atoms with E-state index in [1.807, 2.05) is 6.08 Å². The minimum absolute atomic E-state index is 0.199. The van der Waals surface area contributed by atoms with Gasteiger partial charge in [0, 0.05) is 6.42 Å². The zero-order valence-electron chi connectivity index (χ0n) is 49.0. The Morgan fingerprint density at radius 3 is 1.26 bits per heavy atom. The molecule has 0 aliphatic carbocycles. The maximum atomic E-state index is 13.1. The molecule has 6 N–H and O–H groups in total. The van der Waals surface area contributed by atoms with Crippen LogP contribution >= 0.6 is 0 Å². The molecule has 9 heteroatoms. The van der Waals surface area contributed by atoms with Crippen LogP contribution in [0.2, 0.25) is 0 Å². The van der Waals surface area contributed by atoms with E-state index in [1.54, 1.807) is 6.08 Å². The van der Waals surface area contributed by atoms with Gasteiger partial charge in [-0.25, -0.2) is 0 Å². The summed E-state index contributed by atoms with van der Waals surface area (Å²) in [6, 6.07) is -0.835. The first-order chi connectivity index (χ1) is 37.3. The Morgan fingerprint density at radius 2 is 0.829 bits per heavy atom. The van der Waals surface area contributed by atoms with Crippen LogP contribution in [0.1, 0.15) is 277 Å². The third kappa shape index (κ3) is 44.2. The van der Waals surface area contributed by atoms with E-state index in [9.17, 15) is 30.3 Å². The van der Waals surface area contributed by atoms with E-state index in [0.29, 0.717) is 6.42 Å². The van der Waals surface area contributed by atoms with Crippen molar-refractivity contribution in [1.82, 2.24) is 5.32 Å². The number of unbranched alkanes of at least 4 members (excludes halogenated alkanes) is 32. The first-order valence-corrected chi connectivity index (χ1v) is 31.8. The molecule has 1 amide bonds. The van der Waals surface area contributed by atoms with Gasteiger partial charge in [-0.05, 0) is 77.0 Å². The van der Waals surface area contributed by atoms with Gasteiger partial charge < -0.3 is 40.3 Å². The first kappa shape index (κ1) is 71.4. The maximum absolute atomic E-state index is 13.1. The standard InChI is InChI=1S/C67H119NO8/c1-3-5-7-9-11-13-15-17-19-21-23-25-27-28-29-30-31-32-33-35-36-38-40-42-44-46-48-50-52-54-56-61(70)60(59-75-67-66(74)65(73)64(72)62(58-69)76-67)68-63(71)57-55-53-51-49-47-45-43-41-39-37-34-26-24-22-20-18-16-14-12-10-8-6-4-2/h6,8,12,14,18,20,24,26,37,39,46,48,54,56,60-62,64-67,69-70,72-74H,3-5,7,9-11,13,15-17,19,21-23,25,27-36,38,40-45,47,49-53,55,57-59H2,1-2H3,(H,68,71)/b8-6-,14-12-,20-18-,26-24-,39-37-,48-46+,56-54+. The molecule has 7 atom stereocenters. The Kier molecular flexibility index (Phi) is 52.3. The highest BCUT2D eigenvalue weighted by Crippen LogP contribution is 2.23. The molecule has 1 aliphatic heterocycles. The summed E-state index contributed by atoms with van der Waals surface area (Å²) in [5.41, 5.74) is 0. The molecular formula is C67H119NO8. The van der Waals surface area contributed by atoms with Crippen molar-refractivity contribution in [2.45, 2.75) is 320 Å². The van der Waals surface area contributed by atoms with Crippen LogP contribution in [0.15, 0.2) is 85.1 Å². The number of aliphatic hydroxyl groups is 5. The second-order valence-electron chi connectivity index (χ2n) is 21.8. The van der Waals surface area contributed by atoms with Gasteiger partial charge in [-0.15, -0.1) is 0 Å². The van der Waals surface area contributed by atoms with E-state index in [4.69, 9.17) is 9.47 Å². The lowest BCUT2D eigenvalue weighted by molar-refractivity contribution is -0.302. The van der Waals surface area contributed by atoms with Crippen molar-refractivity contribution >= 4 is 5.91 Å². The number of hydrogen-bond donors (Lipinski definition) is 6. The zero-order valence-corrected chi connectivity index (χ0v) is 49.0. The fraction of sp³-hybridized carbons (Fsp3) is 0.776. The molecule has 440 valence electrons. The van der Waals surface area contributed by atoms with Crippen molar-refractivity contribution in [3.8, 4) is 0 Å². The van der Waals surface area contributed by atoms with Gasteiger partial charge in [0.15, 0.2) is 6.29 Å². The van der Waals surface area contributed by atoms with E-state index in [0.717, 1.165) is 83.5 Å². The summed E-state index contributed by atoms with van der Waals surface area (Å²) in [5.74, 6) is -0.199. The van der Waals surface area contributed by atoms with Crippen molar-refractivity contribution in [2.24, 2.45) is 0 Å². The summed E-state index contributed by atoms with van der Waals surface area (Å²) < 4.78 is 11.3. The molecule has 0 aromatic heterocycles. The summed E-state index contributed by atoms with van der Waals surface area (Å²) in [7, 11) is 0. The Bertz CT molecular complexity index is 1470. The predicted octanol–water partition coefficient (Wildman–Crippen LogP) is 16.6. The quantitative estimate of drug-likeness (QED) is 0.0261. The number of nitrogens with one attached hydrogen (secondary N) is 1. The van der Waals surface area contributed by atoms with Gasteiger partial charge in [0.2, 0.25) is 5.91 Å². The van der Waals surface area contributed by atoms with Crippen LogP contribution < -0.4 is 5.32 Å². The van der Waals surface area contributed by atoms with Crippen molar-refractivity contribution in [3.05, 3.63) is 85.1 Å². The lowest BCUT2D eigenvalue weighted by Gasteiger charge is -2.40. The van der Waals surface area contributed by atoms with Crippen LogP contribution in [0.5, 0.6) is 0 Å². The van der Waals surface area contributed by atoms with Crippen LogP contribution in [0, 0.1) is 0 Å². The highest BCUT2D eigenvalue weighted by Gasteiger charge is 2.44. The molecule has 1 rings (SSSR count). The molecular weight excluding hydrogens is 947 g/mol. The molecule has 0 bridgehead atoms. The van der Waals surface area contributed by atoms with E-state index in [-0.39, 0.29) is 12.5 Å². The smallest absolute Gasteiger partial charge is 0.220 e. The molecule has 7 unspecified atom stereocenters. The van der Waals surface area contributed by atoms with Gasteiger partial charge in [0.25, 0.3) is 0 Å². The molecule has 76 heavy (non-hydrogen) atoms. The minimum atomic E-state index is -1.58. The molecule has 0 saturated carbocycles. The second-order valence-corrected chi connectivity index (χ2v) is 21.8. The van der Waals surface area contributed by atoms with Gasteiger partial charge in [0.05, 0.1) is 25.4 Å². The van der Waals surface area contributed by atoms with E-state index in [2.05, 4.69) is 92.1 Å². The summed E-state index contributed by atoms with van der Waals surface area (Å²) in [6.07, 6.45) is 72.4. The number of hydrogen-bond acceptors (Lipinski definition) is 8. The first-order valence-electron chi connectivity index (χ1n) is 31.8. The largest absolute Gasteiger partial charge is 0.394 e. The Hall–Kier alpha value is -2.63. The molecule has 1 aliphatic rings. The van der Waals surface area contributed by atoms with Crippen LogP contribution in [-0.2, 0) is 14.3 Å². The monoisotopic (exact) mass is 1070 g/mol. The van der Waals surface area contributed by atoms with Gasteiger partial charge in [-0.2, -0.15) is 0 Å². The Morgan fingerprint density at radius 1 is 0.461 bits per heavy atom. The van der Waals surface area contributed by atoms with E-state index in [1.165, 1.54) is 173 Å². The SMILES string of the molecule is CC/C=C\C/C=C\C/C=C\C/C=C\C/C=C\CCCCCCCCCC(=O)NC(COC1OC(CO)C(O)C(O)C1O)C(O)/C=C/CC/C=C/CCCCCCCCCCCCCCCCCCCCCCCCCC. The highest BCUT2D eigenvalue weighted by molar-refractivity contribution is 5.76. The average molecular weight is 1070 g/mol. The molecule has 0 radical (unpaired) electrons. The lowest BCUT2D eigenvalue weighted by Crippen LogP contribution is -2.60. The molecule has 0 aromatic rings. The number of aliphatic hydroxyl groups excluding tert-OH is 5. The van der Waals surface area contributed by atoms with Crippen molar-refractivity contribution < 1.29 is 39.8 Å². The molecule has 0 spiro atoms. The fourth-order valence-corrected chi connectivity index (χ4v) is 9.73. The number of amides is 1. The van der Waals surface area contributed by atoms with Gasteiger partial charge >= 0.3 is 0 Å². The molecule has 0 aromatic carbocycles. The summed E-state index contributed by atoms with van der Waals surface area (Å²) in [4.78, 5) is 13.1. The van der Waals surface area contributed by atoms with Gasteiger partial charge in [0.1, 0.15) is 24.4 Å². The topological polar surface area (TPSA) is 149 Å². The number of carbonyl (C=O) groups is 1. The molecule has 1 fully saturated rings. The van der Waals surface area contributed by atoms with Crippen molar-refractivity contribution in [1.29, 1.82) is 0 Å². The zero-order chi connectivity index (χ0) is 55.0. The summed E-state index contributed by atoms with van der Waals surface area (Å²) >= 11 is 0. The molecule has 1 heterocycles. The molecule has 9 nitrogen and oxygen atoms in total. The van der Waals surface area contributed by atoms with E-state index < -0.39 is 49.5 Å². The predicted molar refractivity (Wildman–Crippen MR) is 322 cm³/mol. The van der Waals surface area contributed by atoms with Crippen molar-refractivity contribution in [3.63, 3.8) is 0 Å². The minimum Gasteiger partial charge on any atom is -0.394 e.